The first-order valence-electron chi connectivity index (χ1n) is 7.90. The second-order valence-electron chi connectivity index (χ2n) is 5.98. The molecule has 3 rings (SSSR count). The number of nitrogens with one attached hydrogen (secondary N) is 1. The van der Waals surface area contributed by atoms with Crippen molar-refractivity contribution in [1.29, 1.82) is 0 Å². The van der Waals surface area contributed by atoms with Gasteiger partial charge in [-0.05, 0) is 38.7 Å². The summed E-state index contributed by atoms with van der Waals surface area (Å²) >= 11 is 0. The molecule has 0 amide bonds. The second-order valence-corrected chi connectivity index (χ2v) is 7.64. The zero-order valence-electron chi connectivity index (χ0n) is 13.7. The highest BCUT2D eigenvalue weighted by atomic mass is 32.2. The fraction of sp³-hybridized carbons (Fsp3) is 0.533. The van der Waals surface area contributed by atoms with Gasteiger partial charge in [-0.2, -0.15) is 0 Å². The molecule has 2 aromatic heterocycles. The minimum absolute atomic E-state index is 0.0187. The number of imidazole rings is 1. The molecule has 130 valence electrons. The Morgan fingerprint density at radius 2 is 1.88 bits per heavy atom. The maximum atomic E-state index is 12.4. The molecule has 0 saturated heterocycles. The summed E-state index contributed by atoms with van der Waals surface area (Å²) in [5.74, 6) is 0.662. The highest BCUT2D eigenvalue weighted by Crippen LogP contribution is 2.23. The Morgan fingerprint density at radius 3 is 2.46 bits per heavy atom. The van der Waals surface area contributed by atoms with Crippen molar-refractivity contribution in [3.05, 3.63) is 30.5 Å². The summed E-state index contributed by atoms with van der Waals surface area (Å²) in [5.41, 5.74) is 0. The van der Waals surface area contributed by atoms with Crippen LogP contribution in [0.3, 0.4) is 0 Å². The first kappa shape index (κ1) is 16.8. The molecule has 2 heterocycles. The molecule has 1 aliphatic rings. The standard InChI is InChI=1S/C15H21N5O3S/c1-11-18-14(10-20(11)2)24(21,22)19-12-4-6-13(7-5-12)23-15-16-8-3-9-17-15/h3,8-10,12-13,19H,4-7H2,1-2H3. The van der Waals surface area contributed by atoms with Gasteiger partial charge < -0.3 is 9.30 Å². The molecular weight excluding hydrogens is 330 g/mol. The summed E-state index contributed by atoms with van der Waals surface area (Å²) in [6.45, 7) is 1.77. The van der Waals surface area contributed by atoms with E-state index in [1.165, 1.54) is 6.20 Å². The van der Waals surface area contributed by atoms with Gasteiger partial charge in [-0.25, -0.2) is 28.1 Å². The number of nitrogens with zero attached hydrogens (tertiary/aromatic N) is 4. The molecule has 24 heavy (non-hydrogen) atoms. The Hall–Kier alpha value is -2.00. The molecule has 0 atom stereocenters. The lowest BCUT2D eigenvalue weighted by atomic mass is 9.94. The van der Waals surface area contributed by atoms with Crippen LogP contribution in [0.1, 0.15) is 31.5 Å². The van der Waals surface area contributed by atoms with Gasteiger partial charge >= 0.3 is 6.01 Å². The summed E-state index contributed by atoms with van der Waals surface area (Å²) in [7, 11) is -1.81. The van der Waals surface area contributed by atoms with Gasteiger partial charge in [0.25, 0.3) is 10.0 Å². The molecule has 0 bridgehead atoms. The fourth-order valence-corrected chi connectivity index (χ4v) is 4.07. The van der Waals surface area contributed by atoms with E-state index >= 15 is 0 Å². The SMILES string of the molecule is Cc1nc(S(=O)(=O)NC2CCC(Oc3ncccn3)CC2)cn1C. The van der Waals surface area contributed by atoms with Crippen LogP contribution in [0.15, 0.2) is 29.7 Å². The Bertz CT molecular complexity index is 763. The molecule has 1 N–H and O–H groups in total. The van der Waals surface area contributed by atoms with Crippen molar-refractivity contribution in [3.63, 3.8) is 0 Å². The van der Waals surface area contributed by atoms with Crippen LogP contribution >= 0.6 is 0 Å². The van der Waals surface area contributed by atoms with E-state index < -0.39 is 10.0 Å². The fourth-order valence-electron chi connectivity index (χ4n) is 2.73. The van der Waals surface area contributed by atoms with Crippen LogP contribution < -0.4 is 9.46 Å². The smallest absolute Gasteiger partial charge is 0.316 e. The monoisotopic (exact) mass is 351 g/mol. The summed E-state index contributed by atoms with van der Waals surface area (Å²) < 4.78 is 35.0. The van der Waals surface area contributed by atoms with Crippen LogP contribution in [0.25, 0.3) is 0 Å². The van der Waals surface area contributed by atoms with Crippen molar-refractivity contribution >= 4 is 10.0 Å². The number of hydrogen-bond acceptors (Lipinski definition) is 6. The van der Waals surface area contributed by atoms with E-state index in [9.17, 15) is 8.42 Å². The zero-order valence-corrected chi connectivity index (χ0v) is 14.5. The topological polar surface area (TPSA) is 99.0 Å². The number of sulfonamides is 1. The number of aromatic nitrogens is 4. The number of rotatable bonds is 5. The maximum absolute atomic E-state index is 12.4. The highest BCUT2D eigenvalue weighted by Gasteiger charge is 2.28. The minimum Gasteiger partial charge on any atom is -0.460 e. The third-order valence-electron chi connectivity index (χ3n) is 4.17. The van der Waals surface area contributed by atoms with Crippen LogP contribution in [0, 0.1) is 6.92 Å². The summed E-state index contributed by atoms with van der Waals surface area (Å²) in [4.78, 5) is 12.2. The molecule has 8 nitrogen and oxygen atoms in total. The molecule has 1 fully saturated rings. The zero-order chi connectivity index (χ0) is 17.2. The highest BCUT2D eigenvalue weighted by molar-refractivity contribution is 7.89. The average Bonchev–Trinajstić information content (AvgIpc) is 2.90. The lowest BCUT2D eigenvalue weighted by Crippen LogP contribution is -2.39. The number of aryl methyl sites for hydroxylation is 2. The van der Waals surface area contributed by atoms with Crippen molar-refractivity contribution in [2.24, 2.45) is 7.05 Å². The van der Waals surface area contributed by atoms with E-state index in [-0.39, 0.29) is 17.2 Å². The molecular formula is C15H21N5O3S. The Morgan fingerprint density at radius 1 is 1.21 bits per heavy atom. The largest absolute Gasteiger partial charge is 0.460 e. The van der Waals surface area contributed by atoms with E-state index in [2.05, 4.69) is 19.7 Å². The maximum Gasteiger partial charge on any atom is 0.316 e. The van der Waals surface area contributed by atoms with Gasteiger partial charge in [0.05, 0.1) is 0 Å². The average molecular weight is 351 g/mol. The first-order chi connectivity index (χ1) is 11.4. The van der Waals surface area contributed by atoms with Crippen molar-refractivity contribution < 1.29 is 13.2 Å². The normalized spacial score (nSPS) is 21.6. The van der Waals surface area contributed by atoms with E-state index in [0.29, 0.717) is 24.7 Å². The van der Waals surface area contributed by atoms with Gasteiger partial charge in [-0.1, -0.05) is 0 Å². The summed E-state index contributed by atoms with van der Waals surface area (Å²) in [6.07, 6.45) is 7.75. The quantitative estimate of drug-likeness (QED) is 0.869. The van der Waals surface area contributed by atoms with Crippen LogP contribution in [0.4, 0.5) is 0 Å². The van der Waals surface area contributed by atoms with E-state index in [0.717, 1.165) is 12.8 Å². The Labute approximate surface area is 141 Å². The Kier molecular flexibility index (Phi) is 4.81. The first-order valence-corrected chi connectivity index (χ1v) is 9.38. The van der Waals surface area contributed by atoms with E-state index in [1.807, 2.05) is 0 Å². The van der Waals surface area contributed by atoms with Crippen LogP contribution in [-0.4, -0.2) is 40.1 Å². The van der Waals surface area contributed by atoms with Crippen molar-refractivity contribution in [2.45, 2.75) is 49.8 Å². The number of hydrogen-bond donors (Lipinski definition) is 1. The second kappa shape index (κ2) is 6.86. The predicted molar refractivity (Wildman–Crippen MR) is 87.0 cm³/mol. The van der Waals surface area contributed by atoms with Gasteiger partial charge in [-0.15, -0.1) is 0 Å². The molecule has 1 saturated carbocycles. The van der Waals surface area contributed by atoms with Gasteiger partial charge in [0.2, 0.25) is 0 Å². The predicted octanol–water partition coefficient (Wildman–Crippen LogP) is 1.19. The van der Waals surface area contributed by atoms with Crippen LogP contribution in [-0.2, 0) is 17.1 Å². The summed E-state index contributed by atoms with van der Waals surface area (Å²) in [5, 5.41) is 0.0681. The van der Waals surface area contributed by atoms with Gasteiger partial charge in [0.15, 0.2) is 5.03 Å². The van der Waals surface area contributed by atoms with Gasteiger partial charge in [-0.3, -0.25) is 0 Å². The molecule has 0 unspecified atom stereocenters. The minimum atomic E-state index is -3.59. The van der Waals surface area contributed by atoms with Gasteiger partial charge in [0, 0.05) is 31.7 Å². The van der Waals surface area contributed by atoms with Gasteiger partial charge in [0.1, 0.15) is 11.9 Å². The van der Waals surface area contributed by atoms with Crippen LogP contribution in [0.5, 0.6) is 6.01 Å². The van der Waals surface area contributed by atoms with Crippen molar-refractivity contribution in [2.75, 3.05) is 0 Å². The molecule has 0 aliphatic heterocycles. The van der Waals surface area contributed by atoms with Crippen molar-refractivity contribution in [1.82, 2.24) is 24.2 Å². The van der Waals surface area contributed by atoms with Crippen molar-refractivity contribution in [3.8, 4) is 6.01 Å². The lowest BCUT2D eigenvalue weighted by molar-refractivity contribution is 0.132. The Balaban J connectivity index is 1.55. The molecule has 1 aliphatic carbocycles. The molecule has 0 aromatic carbocycles. The third-order valence-corrected chi connectivity index (χ3v) is 5.56. The van der Waals surface area contributed by atoms with E-state index in [1.54, 1.807) is 37.0 Å². The summed E-state index contributed by atoms with van der Waals surface area (Å²) in [6, 6.07) is 2.00. The van der Waals surface area contributed by atoms with Crippen LogP contribution in [0.2, 0.25) is 0 Å². The third kappa shape index (κ3) is 3.90. The molecule has 9 heteroatoms. The molecule has 0 spiro atoms. The number of ether oxygens (including phenoxy) is 1. The lowest BCUT2D eigenvalue weighted by Gasteiger charge is -2.28. The molecule has 0 radical (unpaired) electrons. The molecule has 2 aromatic rings. The van der Waals surface area contributed by atoms with E-state index in [4.69, 9.17) is 4.74 Å².